The van der Waals surface area contributed by atoms with E-state index in [1.54, 1.807) is 0 Å². The van der Waals surface area contributed by atoms with Crippen LogP contribution < -0.4 is 0 Å². The minimum absolute atomic E-state index is 0.0447. The standard InChI is InChI=1S/C8H4BrIN2O2/c9-4-1-3(10)2-5-6(4)7(8(13)14)12-11-5/h1-2H,(H,11,12)(H,13,14). The molecule has 0 spiro atoms. The number of hydrogen-bond donors (Lipinski definition) is 2. The minimum Gasteiger partial charge on any atom is -0.476 e. The van der Waals surface area contributed by atoms with Crippen molar-refractivity contribution in [3.05, 3.63) is 25.9 Å². The Bertz CT molecular complexity index is 523. The van der Waals surface area contributed by atoms with Gasteiger partial charge in [0.15, 0.2) is 5.69 Å². The number of aromatic carboxylic acids is 1. The number of nitrogens with zero attached hydrogens (tertiary/aromatic N) is 1. The fourth-order valence-electron chi connectivity index (χ4n) is 1.23. The second-order valence-electron chi connectivity index (χ2n) is 2.69. The molecule has 2 rings (SSSR count). The molecule has 0 atom stereocenters. The first-order valence-corrected chi connectivity index (χ1v) is 5.53. The molecule has 72 valence electrons. The second-order valence-corrected chi connectivity index (χ2v) is 4.79. The summed E-state index contributed by atoms with van der Waals surface area (Å²) in [6, 6.07) is 3.70. The van der Waals surface area contributed by atoms with Crippen molar-refractivity contribution >= 4 is 55.4 Å². The molecule has 0 amide bonds. The fourth-order valence-corrected chi connectivity index (χ4v) is 2.93. The topological polar surface area (TPSA) is 66.0 Å². The van der Waals surface area contributed by atoms with E-state index in [2.05, 4.69) is 48.7 Å². The molecule has 0 fully saturated rings. The number of rotatable bonds is 1. The first kappa shape index (κ1) is 9.91. The van der Waals surface area contributed by atoms with E-state index >= 15 is 0 Å². The largest absolute Gasteiger partial charge is 0.476 e. The first-order chi connectivity index (χ1) is 6.59. The molecule has 0 unspecified atom stereocenters. The molecule has 0 aliphatic heterocycles. The number of halogens is 2. The highest BCUT2D eigenvalue weighted by Crippen LogP contribution is 2.27. The summed E-state index contributed by atoms with van der Waals surface area (Å²) in [5.41, 5.74) is 0.768. The van der Waals surface area contributed by atoms with E-state index in [1.165, 1.54) is 0 Å². The Morgan fingerprint density at radius 2 is 2.29 bits per heavy atom. The van der Waals surface area contributed by atoms with Gasteiger partial charge in [-0.25, -0.2) is 4.79 Å². The van der Waals surface area contributed by atoms with Gasteiger partial charge in [0.1, 0.15) is 0 Å². The molecule has 0 bridgehead atoms. The number of hydrogen-bond acceptors (Lipinski definition) is 2. The van der Waals surface area contributed by atoms with Gasteiger partial charge in [-0.15, -0.1) is 0 Å². The van der Waals surface area contributed by atoms with Crippen LogP contribution in [-0.2, 0) is 0 Å². The molecule has 1 heterocycles. The molecule has 2 N–H and O–H groups in total. The lowest BCUT2D eigenvalue weighted by Crippen LogP contribution is -1.97. The molecule has 2 aromatic rings. The Morgan fingerprint density at radius 3 is 2.93 bits per heavy atom. The quantitative estimate of drug-likeness (QED) is 0.762. The van der Waals surface area contributed by atoms with Crippen molar-refractivity contribution in [2.24, 2.45) is 0 Å². The van der Waals surface area contributed by atoms with Gasteiger partial charge < -0.3 is 5.11 Å². The van der Waals surface area contributed by atoms with Gasteiger partial charge in [0.25, 0.3) is 0 Å². The van der Waals surface area contributed by atoms with Crippen molar-refractivity contribution in [1.82, 2.24) is 10.2 Å². The van der Waals surface area contributed by atoms with Gasteiger partial charge in [0.2, 0.25) is 0 Å². The van der Waals surface area contributed by atoms with Crippen LogP contribution in [0.2, 0.25) is 0 Å². The maximum atomic E-state index is 10.8. The summed E-state index contributed by atoms with van der Waals surface area (Å²) >= 11 is 5.47. The van der Waals surface area contributed by atoms with Gasteiger partial charge >= 0.3 is 5.97 Å². The molecule has 4 nitrogen and oxygen atoms in total. The van der Waals surface area contributed by atoms with Crippen LogP contribution in [0.25, 0.3) is 10.9 Å². The highest BCUT2D eigenvalue weighted by molar-refractivity contribution is 14.1. The van der Waals surface area contributed by atoms with E-state index in [-0.39, 0.29) is 5.69 Å². The molecule has 14 heavy (non-hydrogen) atoms. The third-order valence-electron chi connectivity index (χ3n) is 1.78. The van der Waals surface area contributed by atoms with Crippen LogP contribution in [0.15, 0.2) is 16.6 Å². The van der Waals surface area contributed by atoms with Crippen molar-refractivity contribution in [2.45, 2.75) is 0 Å². The van der Waals surface area contributed by atoms with Crippen LogP contribution in [0.5, 0.6) is 0 Å². The number of aromatic nitrogens is 2. The summed E-state index contributed by atoms with van der Waals surface area (Å²) in [5, 5.41) is 15.9. The lowest BCUT2D eigenvalue weighted by molar-refractivity contribution is 0.0692. The van der Waals surface area contributed by atoms with E-state index in [0.717, 1.165) is 13.6 Å². The number of carbonyl (C=O) groups is 1. The normalized spacial score (nSPS) is 10.7. The smallest absolute Gasteiger partial charge is 0.357 e. The van der Waals surface area contributed by atoms with Crippen LogP contribution in [0.1, 0.15) is 10.5 Å². The minimum atomic E-state index is -1.03. The molecule has 0 saturated carbocycles. The Morgan fingerprint density at radius 1 is 1.57 bits per heavy atom. The summed E-state index contributed by atoms with van der Waals surface area (Å²) in [5.74, 6) is -1.03. The van der Waals surface area contributed by atoms with Gasteiger partial charge in [-0.2, -0.15) is 5.10 Å². The number of benzene rings is 1. The highest BCUT2D eigenvalue weighted by atomic mass is 127. The predicted octanol–water partition coefficient (Wildman–Crippen LogP) is 2.63. The molecule has 0 aliphatic carbocycles. The Hall–Kier alpha value is -0.630. The van der Waals surface area contributed by atoms with Crippen LogP contribution in [0, 0.1) is 3.57 Å². The zero-order valence-corrected chi connectivity index (χ0v) is 10.5. The number of H-pyrrole nitrogens is 1. The van der Waals surface area contributed by atoms with Gasteiger partial charge in [-0.1, -0.05) is 0 Å². The van der Waals surface area contributed by atoms with Gasteiger partial charge in [0.05, 0.1) is 5.52 Å². The predicted molar refractivity (Wildman–Crippen MR) is 63.5 cm³/mol. The van der Waals surface area contributed by atoms with E-state index in [1.807, 2.05) is 12.1 Å². The fraction of sp³-hybridized carbons (Fsp3) is 0. The third kappa shape index (κ3) is 1.52. The number of aromatic amines is 1. The summed E-state index contributed by atoms with van der Waals surface area (Å²) in [6.45, 7) is 0. The monoisotopic (exact) mass is 366 g/mol. The maximum Gasteiger partial charge on any atom is 0.357 e. The average Bonchev–Trinajstić information content (AvgIpc) is 2.47. The summed E-state index contributed by atoms with van der Waals surface area (Å²) < 4.78 is 1.76. The van der Waals surface area contributed by atoms with Gasteiger partial charge in [-0.05, 0) is 50.7 Å². The zero-order valence-electron chi connectivity index (χ0n) is 6.71. The molecule has 1 aromatic heterocycles. The maximum absolute atomic E-state index is 10.8. The molecule has 0 radical (unpaired) electrons. The van der Waals surface area contributed by atoms with Gasteiger partial charge in [-0.3, -0.25) is 5.10 Å². The highest BCUT2D eigenvalue weighted by Gasteiger charge is 2.15. The number of carboxylic acid groups (broad SMARTS) is 1. The summed E-state index contributed by atoms with van der Waals surface area (Å²) in [6.07, 6.45) is 0. The molecule has 0 aliphatic rings. The van der Waals surface area contributed by atoms with E-state index < -0.39 is 5.97 Å². The van der Waals surface area contributed by atoms with Gasteiger partial charge in [0, 0.05) is 13.4 Å². The lowest BCUT2D eigenvalue weighted by Gasteiger charge is -1.96. The van der Waals surface area contributed by atoms with Crippen LogP contribution in [0.4, 0.5) is 0 Å². The Labute approximate surface area is 101 Å². The van der Waals surface area contributed by atoms with E-state index in [9.17, 15) is 4.79 Å². The molecule has 6 heteroatoms. The third-order valence-corrected chi connectivity index (χ3v) is 3.03. The summed E-state index contributed by atoms with van der Waals surface area (Å²) in [4.78, 5) is 10.8. The van der Waals surface area contributed by atoms with Crippen LogP contribution in [-0.4, -0.2) is 21.3 Å². The van der Waals surface area contributed by atoms with Crippen molar-refractivity contribution in [3.63, 3.8) is 0 Å². The number of fused-ring (bicyclic) bond motifs is 1. The number of carboxylic acids is 1. The second kappa shape index (κ2) is 3.50. The lowest BCUT2D eigenvalue weighted by atomic mass is 10.2. The first-order valence-electron chi connectivity index (χ1n) is 3.66. The van der Waals surface area contributed by atoms with Crippen molar-refractivity contribution in [2.75, 3.05) is 0 Å². The molecular weight excluding hydrogens is 363 g/mol. The summed E-state index contributed by atoms with van der Waals surface area (Å²) in [7, 11) is 0. The zero-order chi connectivity index (χ0) is 10.3. The number of nitrogens with one attached hydrogen (secondary N) is 1. The Balaban J connectivity index is 2.85. The van der Waals surface area contributed by atoms with Crippen LogP contribution >= 0.6 is 38.5 Å². The van der Waals surface area contributed by atoms with Crippen molar-refractivity contribution in [3.8, 4) is 0 Å². The van der Waals surface area contributed by atoms with Crippen LogP contribution in [0.3, 0.4) is 0 Å². The van der Waals surface area contributed by atoms with E-state index in [4.69, 9.17) is 5.11 Å². The SMILES string of the molecule is O=C(O)c1n[nH]c2cc(I)cc(Br)c12. The molecule has 0 saturated heterocycles. The molecule has 1 aromatic carbocycles. The molecular formula is C8H4BrIN2O2. The van der Waals surface area contributed by atoms with Crippen molar-refractivity contribution < 1.29 is 9.90 Å². The average molecular weight is 367 g/mol. The van der Waals surface area contributed by atoms with E-state index in [0.29, 0.717) is 5.39 Å². The Kier molecular flexibility index (Phi) is 2.48. The van der Waals surface area contributed by atoms with Crippen molar-refractivity contribution in [1.29, 1.82) is 0 Å².